The van der Waals surface area contributed by atoms with Gasteiger partial charge in [0.25, 0.3) is 0 Å². The van der Waals surface area contributed by atoms with Gasteiger partial charge in [0.05, 0.1) is 11.5 Å². The van der Waals surface area contributed by atoms with E-state index in [9.17, 15) is 8.42 Å². The molecule has 0 aromatic heterocycles. The van der Waals surface area contributed by atoms with Gasteiger partial charge in [0, 0.05) is 18.0 Å². The summed E-state index contributed by atoms with van der Waals surface area (Å²) in [6, 6.07) is 6.71. The minimum absolute atomic E-state index is 0.0280. The average molecular weight is 279 g/mol. The molecule has 2 rings (SSSR count). The Bertz CT molecular complexity index is 613. The number of rotatable bonds is 4. The van der Waals surface area contributed by atoms with E-state index in [0.717, 1.165) is 6.42 Å². The van der Waals surface area contributed by atoms with Gasteiger partial charge in [0.15, 0.2) is 0 Å². The molecule has 0 bridgehead atoms. The second-order valence-corrected chi connectivity index (χ2v) is 6.39. The summed E-state index contributed by atoms with van der Waals surface area (Å²) >= 11 is 0. The van der Waals surface area contributed by atoms with Crippen LogP contribution in [0.4, 0.5) is 0 Å². The number of sulfonamides is 1. The van der Waals surface area contributed by atoms with Gasteiger partial charge < -0.3 is 5.11 Å². The summed E-state index contributed by atoms with van der Waals surface area (Å²) in [5.41, 5.74) is 0.469. The van der Waals surface area contributed by atoms with Crippen molar-refractivity contribution in [2.75, 3.05) is 6.61 Å². The Hall–Kier alpha value is -1.35. The lowest BCUT2D eigenvalue weighted by molar-refractivity contribution is 0.305. The molecule has 2 atom stereocenters. The van der Waals surface area contributed by atoms with E-state index >= 15 is 0 Å². The molecule has 0 amide bonds. The van der Waals surface area contributed by atoms with Crippen molar-refractivity contribution in [1.29, 1.82) is 0 Å². The Morgan fingerprint density at radius 2 is 2.11 bits per heavy atom. The molecule has 1 fully saturated rings. The van der Waals surface area contributed by atoms with Crippen LogP contribution in [0.5, 0.6) is 0 Å². The maximum atomic E-state index is 12.3. The molecule has 0 heterocycles. The Balaban J connectivity index is 2.26. The lowest BCUT2D eigenvalue weighted by atomic mass is 10.2. The molecule has 102 valence electrons. The molecular formula is C14H17NO3S. The Labute approximate surface area is 113 Å². The summed E-state index contributed by atoms with van der Waals surface area (Å²) in [5, 5.41) is 8.70. The predicted octanol–water partition coefficient (Wildman–Crippen LogP) is 1.11. The van der Waals surface area contributed by atoms with Crippen LogP contribution >= 0.6 is 0 Å². The number of hydrogen-bond acceptors (Lipinski definition) is 3. The molecule has 2 N–H and O–H groups in total. The monoisotopic (exact) mass is 279 g/mol. The average Bonchev–Trinajstić information content (AvgIpc) is 3.05. The van der Waals surface area contributed by atoms with E-state index in [4.69, 9.17) is 5.11 Å². The zero-order valence-electron chi connectivity index (χ0n) is 10.8. The van der Waals surface area contributed by atoms with Gasteiger partial charge in [0.2, 0.25) is 10.0 Å². The Kier molecular flexibility index (Phi) is 4.25. The van der Waals surface area contributed by atoms with Crippen LogP contribution in [-0.2, 0) is 10.0 Å². The fraction of sp³-hybridized carbons (Fsp3) is 0.429. The fourth-order valence-corrected chi connectivity index (χ4v) is 3.29. The van der Waals surface area contributed by atoms with Gasteiger partial charge in [0.1, 0.15) is 0 Å². The lowest BCUT2D eigenvalue weighted by Crippen LogP contribution is -2.27. The summed E-state index contributed by atoms with van der Waals surface area (Å²) in [5.74, 6) is 5.95. The largest absolute Gasteiger partial charge is 0.395 e. The van der Waals surface area contributed by atoms with Crippen LogP contribution in [-0.4, -0.2) is 26.2 Å². The highest BCUT2D eigenvalue weighted by Crippen LogP contribution is 2.31. The van der Waals surface area contributed by atoms with Gasteiger partial charge in [-0.25, -0.2) is 13.1 Å². The van der Waals surface area contributed by atoms with E-state index < -0.39 is 10.0 Å². The highest BCUT2D eigenvalue weighted by Gasteiger charge is 2.36. The van der Waals surface area contributed by atoms with Crippen molar-refractivity contribution in [3.63, 3.8) is 0 Å². The Morgan fingerprint density at radius 1 is 1.42 bits per heavy atom. The van der Waals surface area contributed by atoms with E-state index in [1.165, 1.54) is 0 Å². The summed E-state index contributed by atoms with van der Waals surface area (Å²) in [6.45, 7) is 1.99. The van der Waals surface area contributed by atoms with Crippen molar-refractivity contribution in [3.05, 3.63) is 29.8 Å². The van der Waals surface area contributed by atoms with Crippen LogP contribution in [0.3, 0.4) is 0 Å². The number of benzene rings is 1. The van der Waals surface area contributed by atoms with Gasteiger partial charge in [-0.3, -0.25) is 0 Å². The summed E-state index contributed by atoms with van der Waals surface area (Å²) in [4.78, 5) is 0.208. The summed E-state index contributed by atoms with van der Waals surface area (Å²) < 4.78 is 27.2. The molecule has 0 aliphatic heterocycles. The zero-order chi connectivity index (χ0) is 13.9. The number of aliphatic hydroxyl groups is 1. The maximum absolute atomic E-state index is 12.3. The van der Waals surface area contributed by atoms with Gasteiger partial charge >= 0.3 is 0 Å². The quantitative estimate of drug-likeness (QED) is 0.811. The number of hydrogen-bond donors (Lipinski definition) is 2. The molecule has 1 aliphatic carbocycles. The van der Waals surface area contributed by atoms with Crippen molar-refractivity contribution in [1.82, 2.24) is 4.72 Å². The highest BCUT2D eigenvalue weighted by atomic mass is 32.2. The van der Waals surface area contributed by atoms with Gasteiger partial charge in [-0.1, -0.05) is 30.9 Å². The van der Waals surface area contributed by atoms with Crippen LogP contribution in [0.25, 0.3) is 0 Å². The van der Waals surface area contributed by atoms with Crippen LogP contribution in [0.2, 0.25) is 0 Å². The first kappa shape index (κ1) is 14.1. The first-order chi connectivity index (χ1) is 9.04. The SMILES string of the molecule is CC1CC1NS(=O)(=O)c1ccccc1C#CCCO. The molecule has 19 heavy (non-hydrogen) atoms. The normalized spacial score (nSPS) is 21.6. The molecule has 1 saturated carbocycles. The second kappa shape index (κ2) is 5.74. The minimum Gasteiger partial charge on any atom is -0.395 e. The van der Waals surface area contributed by atoms with Crippen LogP contribution in [0.1, 0.15) is 25.3 Å². The minimum atomic E-state index is -3.51. The van der Waals surface area contributed by atoms with Crippen molar-refractivity contribution < 1.29 is 13.5 Å². The number of nitrogens with one attached hydrogen (secondary N) is 1. The maximum Gasteiger partial charge on any atom is 0.242 e. The van der Waals surface area contributed by atoms with E-state index in [1.54, 1.807) is 24.3 Å². The van der Waals surface area contributed by atoms with Crippen LogP contribution < -0.4 is 4.72 Å². The molecule has 1 aromatic carbocycles. The molecule has 1 aromatic rings. The first-order valence-electron chi connectivity index (χ1n) is 6.25. The van der Waals surface area contributed by atoms with Gasteiger partial charge in [-0.05, 0) is 24.5 Å². The predicted molar refractivity (Wildman–Crippen MR) is 72.9 cm³/mol. The van der Waals surface area contributed by atoms with E-state index in [1.807, 2.05) is 6.92 Å². The zero-order valence-corrected chi connectivity index (χ0v) is 11.6. The van der Waals surface area contributed by atoms with Crippen molar-refractivity contribution >= 4 is 10.0 Å². The third-order valence-corrected chi connectivity index (χ3v) is 4.60. The second-order valence-electron chi connectivity index (χ2n) is 4.71. The smallest absolute Gasteiger partial charge is 0.242 e. The number of aliphatic hydroxyl groups excluding tert-OH is 1. The topological polar surface area (TPSA) is 66.4 Å². The van der Waals surface area contributed by atoms with E-state index in [2.05, 4.69) is 16.6 Å². The van der Waals surface area contributed by atoms with Gasteiger partial charge in [-0.15, -0.1) is 0 Å². The summed E-state index contributed by atoms with van der Waals surface area (Å²) in [7, 11) is -3.51. The molecular weight excluding hydrogens is 262 g/mol. The highest BCUT2D eigenvalue weighted by molar-refractivity contribution is 7.89. The molecule has 2 unspecified atom stereocenters. The van der Waals surface area contributed by atoms with E-state index in [-0.39, 0.29) is 17.5 Å². The third kappa shape index (κ3) is 3.57. The van der Waals surface area contributed by atoms with Gasteiger partial charge in [-0.2, -0.15) is 0 Å². The molecule has 0 spiro atoms. The Morgan fingerprint density at radius 3 is 2.74 bits per heavy atom. The summed E-state index contributed by atoms with van der Waals surface area (Å²) in [6.07, 6.45) is 1.22. The third-order valence-electron chi connectivity index (χ3n) is 3.05. The van der Waals surface area contributed by atoms with Crippen molar-refractivity contribution in [2.24, 2.45) is 5.92 Å². The first-order valence-corrected chi connectivity index (χ1v) is 7.74. The van der Waals surface area contributed by atoms with E-state index in [0.29, 0.717) is 17.9 Å². The van der Waals surface area contributed by atoms with Crippen molar-refractivity contribution in [2.45, 2.75) is 30.7 Å². The standard InChI is InChI=1S/C14H17NO3S/c1-11-10-13(11)15-19(17,18)14-8-3-2-6-12(14)7-4-5-9-16/h2-3,6,8,11,13,15-16H,5,9-10H2,1H3. The molecule has 0 radical (unpaired) electrons. The molecule has 5 heteroatoms. The van der Waals surface area contributed by atoms with Crippen LogP contribution in [0, 0.1) is 17.8 Å². The van der Waals surface area contributed by atoms with Crippen molar-refractivity contribution in [3.8, 4) is 11.8 Å². The lowest BCUT2D eigenvalue weighted by Gasteiger charge is -2.07. The van der Waals surface area contributed by atoms with Crippen LogP contribution in [0.15, 0.2) is 29.2 Å². The molecule has 4 nitrogen and oxygen atoms in total. The molecule has 1 aliphatic rings. The molecule has 0 saturated heterocycles. The fourth-order valence-electron chi connectivity index (χ4n) is 1.77.